The van der Waals surface area contributed by atoms with Crippen molar-refractivity contribution in [1.29, 1.82) is 0 Å². The minimum Gasteiger partial charge on any atom is -0.493 e. The van der Waals surface area contributed by atoms with Crippen LogP contribution in [-0.2, 0) is 11.4 Å². The third-order valence-electron chi connectivity index (χ3n) is 2.90. The van der Waals surface area contributed by atoms with Crippen molar-refractivity contribution in [3.63, 3.8) is 0 Å². The van der Waals surface area contributed by atoms with E-state index in [9.17, 15) is 4.79 Å². The summed E-state index contributed by atoms with van der Waals surface area (Å²) >= 11 is 3.43. The zero-order valence-electron chi connectivity index (χ0n) is 12.0. The van der Waals surface area contributed by atoms with Gasteiger partial charge in [0, 0.05) is 6.08 Å². The molecule has 5 heteroatoms. The lowest BCUT2D eigenvalue weighted by Gasteiger charge is -2.13. The molecule has 2 aromatic rings. The molecule has 0 bridgehead atoms. The summed E-state index contributed by atoms with van der Waals surface area (Å²) in [5, 5.41) is 8.68. The van der Waals surface area contributed by atoms with Gasteiger partial charge in [-0.15, -0.1) is 0 Å². The van der Waals surface area contributed by atoms with Crippen LogP contribution >= 0.6 is 15.9 Å². The van der Waals surface area contributed by atoms with Gasteiger partial charge in [-0.05, 0) is 45.3 Å². The Balaban J connectivity index is 2.22. The second-order valence-corrected chi connectivity index (χ2v) is 5.33. The van der Waals surface area contributed by atoms with E-state index in [-0.39, 0.29) is 0 Å². The van der Waals surface area contributed by atoms with Gasteiger partial charge in [-0.3, -0.25) is 0 Å². The molecule has 0 atom stereocenters. The van der Waals surface area contributed by atoms with Gasteiger partial charge in [0.05, 0.1) is 11.6 Å². The van der Waals surface area contributed by atoms with Gasteiger partial charge in [0.25, 0.3) is 0 Å². The van der Waals surface area contributed by atoms with Crippen LogP contribution in [0.15, 0.2) is 53.0 Å². The fourth-order valence-corrected chi connectivity index (χ4v) is 2.45. The maximum absolute atomic E-state index is 10.6. The molecule has 0 fully saturated rings. The van der Waals surface area contributed by atoms with E-state index in [0.29, 0.717) is 28.1 Å². The van der Waals surface area contributed by atoms with Crippen LogP contribution in [0.4, 0.5) is 0 Å². The molecule has 0 saturated heterocycles. The lowest BCUT2D eigenvalue weighted by molar-refractivity contribution is -0.131. The topological polar surface area (TPSA) is 55.8 Å². The van der Waals surface area contributed by atoms with Gasteiger partial charge >= 0.3 is 5.97 Å². The first-order valence-corrected chi connectivity index (χ1v) is 7.34. The number of aliphatic carboxylic acids is 1. The molecule has 0 aromatic heterocycles. The maximum atomic E-state index is 10.6. The molecule has 0 radical (unpaired) electrons. The zero-order valence-corrected chi connectivity index (χ0v) is 13.5. The molecule has 1 N–H and O–H groups in total. The molecule has 0 aliphatic heterocycles. The van der Waals surface area contributed by atoms with E-state index in [2.05, 4.69) is 15.9 Å². The Labute approximate surface area is 137 Å². The fourth-order valence-electron chi connectivity index (χ4n) is 1.87. The average molecular weight is 363 g/mol. The molecular weight excluding hydrogens is 348 g/mol. The minimum atomic E-state index is -1.00. The van der Waals surface area contributed by atoms with Crippen LogP contribution in [0, 0.1) is 0 Å². The van der Waals surface area contributed by atoms with Crippen molar-refractivity contribution in [2.24, 2.45) is 0 Å². The Hall–Kier alpha value is -2.27. The Morgan fingerprint density at radius 2 is 2.00 bits per heavy atom. The first kappa shape index (κ1) is 16.1. The lowest BCUT2D eigenvalue weighted by Crippen LogP contribution is -1.99. The number of carbonyl (C=O) groups is 1. The SMILES string of the molecule is COc1cc(C=CC(=O)O)cc(Br)c1OCc1ccccc1. The second-order valence-electron chi connectivity index (χ2n) is 4.48. The molecule has 0 aliphatic carbocycles. The summed E-state index contributed by atoms with van der Waals surface area (Å²) in [6.45, 7) is 0.417. The molecule has 22 heavy (non-hydrogen) atoms. The number of carboxylic acids is 1. The number of ether oxygens (including phenoxy) is 2. The number of halogens is 1. The molecule has 2 aromatic carbocycles. The van der Waals surface area contributed by atoms with Gasteiger partial charge in [-0.25, -0.2) is 4.79 Å². The summed E-state index contributed by atoms with van der Waals surface area (Å²) in [5.41, 5.74) is 1.75. The molecule has 0 heterocycles. The van der Waals surface area contributed by atoms with Crippen LogP contribution < -0.4 is 9.47 Å². The monoisotopic (exact) mass is 362 g/mol. The first-order valence-electron chi connectivity index (χ1n) is 6.55. The van der Waals surface area contributed by atoms with Crippen molar-refractivity contribution >= 4 is 28.0 Å². The number of hydrogen-bond acceptors (Lipinski definition) is 3. The van der Waals surface area contributed by atoms with Crippen LogP contribution in [0.1, 0.15) is 11.1 Å². The molecule has 0 amide bonds. The van der Waals surface area contributed by atoms with Crippen molar-refractivity contribution in [2.75, 3.05) is 7.11 Å². The zero-order chi connectivity index (χ0) is 15.9. The van der Waals surface area contributed by atoms with Gasteiger partial charge in [-0.1, -0.05) is 30.3 Å². The Morgan fingerprint density at radius 3 is 2.64 bits per heavy atom. The normalized spacial score (nSPS) is 10.6. The lowest BCUT2D eigenvalue weighted by atomic mass is 10.2. The van der Waals surface area contributed by atoms with Gasteiger partial charge in [0.1, 0.15) is 6.61 Å². The van der Waals surface area contributed by atoms with Crippen LogP contribution in [0.2, 0.25) is 0 Å². The smallest absolute Gasteiger partial charge is 0.328 e. The predicted molar refractivity (Wildman–Crippen MR) is 88.1 cm³/mol. The van der Waals surface area contributed by atoms with Gasteiger partial charge in [0.2, 0.25) is 0 Å². The third-order valence-corrected chi connectivity index (χ3v) is 3.49. The summed E-state index contributed by atoms with van der Waals surface area (Å²) in [5.74, 6) is 0.119. The van der Waals surface area contributed by atoms with Crippen molar-refractivity contribution in [3.05, 3.63) is 64.1 Å². The molecule has 0 spiro atoms. The number of benzene rings is 2. The fraction of sp³-hybridized carbons (Fsp3) is 0.118. The third kappa shape index (κ3) is 4.36. The number of rotatable bonds is 6. The summed E-state index contributed by atoms with van der Waals surface area (Å²) in [4.78, 5) is 10.6. The van der Waals surface area contributed by atoms with Gasteiger partial charge in [-0.2, -0.15) is 0 Å². The molecule has 4 nitrogen and oxygen atoms in total. The molecule has 0 aliphatic rings. The largest absolute Gasteiger partial charge is 0.493 e. The van der Waals surface area contributed by atoms with Crippen molar-refractivity contribution < 1.29 is 19.4 Å². The highest BCUT2D eigenvalue weighted by Gasteiger charge is 2.11. The quantitative estimate of drug-likeness (QED) is 0.784. The second kappa shape index (κ2) is 7.66. The highest BCUT2D eigenvalue weighted by Crippen LogP contribution is 2.37. The summed E-state index contributed by atoms with van der Waals surface area (Å²) in [6, 6.07) is 13.3. The van der Waals surface area contributed by atoms with Crippen LogP contribution in [0.25, 0.3) is 6.08 Å². The van der Waals surface area contributed by atoms with Crippen LogP contribution in [-0.4, -0.2) is 18.2 Å². The van der Waals surface area contributed by atoms with Crippen molar-refractivity contribution in [1.82, 2.24) is 0 Å². The summed E-state index contributed by atoms with van der Waals surface area (Å²) < 4.78 is 11.8. The van der Waals surface area contributed by atoms with E-state index in [0.717, 1.165) is 11.6 Å². The number of hydrogen-bond donors (Lipinski definition) is 1. The molecule has 0 unspecified atom stereocenters. The van der Waals surface area contributed by atoms with Crippen LogP contribution in [0.3, 0.4) is 0 Å². The van der Waals surface area contributed by atoms with E-state index in [4.69, 9.17) is 14.6 Å². The summed E-state index contributed by atoms with van der Waals surface area (Å²) in [6.07, 6.45) is 2.57. The molecule has 2 rings (SSSR count). The Bertz CT molecular complexity index is 681. The van der Waals surface area contributed by atoms with Crippen molar-refractivity contribution in [3.8, 4) is 11.5 Å². The highest BCUT2D eigenvalue weighted by atomic mass is 79.9. The first-order chi connectivity index (χ1) is 10.6. The molecule has 114 valence electrons. The number of methoxy groups -OCH3 is 1. The predicted octanol–water partition coefficient (Wildman–Crippen LogP) is 4.13. The average Bonchev–Trinajstić information content (AvgIpc) is 2.52. The standard InChI is InChI=1S/C17H15BrO4/c1-21-15-10-13(7-8-16(19)20)9-14(18)17(15)22-11-12-5-3-2-4-6-12/h2-10H,11H2,1H3,(H,19,20). The van der Waals surface area contributed by atoms with Crippen LogP contribution in [0.5, 0.6) is 11.5 Å². The number of carboxylic acid groups (broad SMARTS) is 1. The van der Waals surface area contributed by atoms with E-state index in [1.807, 2.05) is 30.3 Å². The van der Waals surface area contributed by atoms with E-state index >= 15 is 0 Å². The Kier molecular flexibility index (Phi) is 5.61. The molecular formula is C17H15BrO4. The summed E-state index contributed by atoms with van der Waals surface area (Å²) in [7, 11) is 1.54. The van der Waals surface area contributed by atoms with E-state index in [1.54, 1.807) is 19.2 Å². The van der Waals surface area contributed by atoms with Crippen molar-refractivity contribution in [2.45, 2.75) is 6.61 Å². The molecule has 0 saturated carbocycles. The minimum absolute atomic E-state index is 0.417. The maximum Gasteiger partial charge on any atom is 0.328 e. The van der Waals surface area contributed by atoms with Gasteiger partial charge in [0.15, 0.2) is 11.5 Å². The van der Waals surface area contributed by atoms with E-state index in [1.165, 1.54) is 6.08 Å². The Morgan fingerprint density at radius 1 is 1.27 bits per heavy atom. The van der Waals surface area contributed by atoms with E-state index < -0.39 is 5.97 Å². The highest BCUT2D eigenvalue weighted by molar-refractivity contribution is 9.10. The van der Waals surface area contributed by atoms with Gasteiger partial charge < -0.3 is 14.6 Å².